The van der Waals surface area contributed by atoms with Gasteiger partial charge in [0, 0.05) is 22.2 Å². The van der Waals surface area contributed by atoms with Gasteiger partial charge in [0.1, 0.15) is 5.82 Å². The van der Waals surface area contributed by atoms with Crippen LogP contribution >= 0.6 is 15.9 Å². The Labute approximate surface area is 91.8 Å². The van der Waals surface area contributed by atoms with Crippen molar-refractivity contribution in [1.29, 1.82) is 0 Å². The molecule has 0 bridgehead atoms. The average molecular weight is 261 g/mol. The highest BCUT2D eigenvalue weighted by Crippen LogP contribution is 2.18. The molecule has 0 aliphatic rings. The van der Waals surface area contributed by atoms with Gasteiger partial charge in [-0.2, -0.15) is 0 Å². The fraction of sp³-hybridized carbons (Fsp3) is 0.400. The van der Waals surface area contributed by atoms with E-state index in [4.69, 9.17) is 5.73 Å². The number of nitrogens with two attached hydrogens (primary N) is 1. The molecule has 1 aromatic carbocycles. The second-order valence-corrected chi connectivity index (χ2v) is 4.92. The Bertz CT molecular complexity index is 300. The van der Waals surface area contributed by atoms with Crippen LogP contribution in [0.1, 0.15) is 13.8 Å². The third-order valence-corrected chi connectivity index (χ3v) is 2.07. The maximum absolute atomic E-state index is 12.9. The minimum atomic E-state index is -0.307. The summed E-state index contributed by atoms with van der Waals surface area (Å²) in [5, 5.41) is 3.07. The van der Waals surface area contributed by atoms with Crippen LogP contribution in [0, 0.1) is 5.82 Å². The van der Waals surface area contributed by atoms with E-state index in [9.17, 15) is 4.39 Å². The minimum Gasteiger partial charge on any atom is -0.383 e. The zero-order valence-electron chi connectivity index (χ0n) is 8.27. The van der Waals surface area contributed by atoms with Gasteiger partial charge in [0.15, 0.2) is 0 Å². The molecule has 0 saturated carbocycles. The van der Waals surface area contributed by atoms with Crippen LogP contribution in [-0.2, 0) is 0 Å². The van der Waals surface area contributed by atoms with Crippen LogP contribution < -0.4 is 11.1 Å². The standard InChI is InChI=1S/C10H14BrFN2/c1-10(2,13)6-14-9-4-7(11)3-8(12)5-9/h3-5,14H,6,13H2,1-2H3. The largest absolute Gasteiger partial charge is 0.383 e. The summed E-state index contributed by atoms with van der Waals surface area (Å²) in [6, 6.07) is 4.67. The highest BCUT2D eigenvalue weighted by molar-refractivity contribution is 9.10. The van der Waals surface area contributed by atoms with Crippen LogP contribution in [0.4, 0.5) is 10.1 Å². The summed E-state index contributed by atoms with van der Waals surface area (Å²) in [5.74, 6) is -0.267. The molecule has 2 nitrogen and oxygen atoms in total. The number of rotatable bonds is 3. The maximum Gasteiger partial charge on any atom is 0.126 e. The molecular weight excluding hydrogens is 247 g/mol. The first-order valence-corrected chi connectivity index (χ1v) is 5.15. The van der Waals surface area contributed by atoms with Crippen molar-refractivity contribution in [3.8, 4) is 0 Å². The minimum absolute atomic E-state index is 0.267. The summed E-state index contributed by atoms with van der Waals surface area (Å²) in [4.78, 5) is 0. The van der Waals surface area contributed by atoms with Gasteiger partial charge in [-0.3, -0.25) is 0 Å². The second kappa shape index (κ2) is 4.28. The van der Waals surface area contributed by atoms with Gasteiger partial charge < -0.3 is 11.1 Å². The topological polar surface area (TPSA) is 38.0 Å². The van der Waals surface area contributed by atoms with E-state index in [0.717, 1.165) is 10.2 Å². The van der Waals surface area contributed by atoms with E-state index in [1.165, 1.54) is 12.1 Å². The lowest BCUT2D eigenvalue weighted by Crippen LogP contribution is -2.39. The van der Waals surface area contributed by atoms with Crippen LogP contribution in [0.25, 0.3) is 0 Å². The lowest BCUT2D eigenvalue weighted by Gasteiger charge is -2.19. The molecular formula is C10H14BrFN2. The zero-order valence-corrected chi connectivity index (χ0v) is 9.86. The Kier molecular flexibility index (Phi) is 3.50. The molecule has 0 spiro atoms. The number of nitrogens with one attached hydrogen (secondary N) is 1. The van der Waals surface area contributed by atoms with Crippen LogP contribution in [0.2, 0.25) is 0 Å². The van der Waals surface area contributed by atoms with Gasteiger partial charge >= 0.3 is 0 Å². The lowest BCUT2D eigenvalue weighted by molar-refractivity contribution is 0.549. The molecule has 0 amide bonds. The fourth-order valence-electron chi connectivity index (χ4n) is 0.986. The highest BCUT2D eigenvalue weighted by atomic mass is 79.9. The van der Waals surface area contributed by atoms with E-state index in [1.807, 2.05) is 19.9 Å². The van der Waals surface area contributed by atoms with Gasteiger partial charge in [-0.1, -0.05) is 15.9 Å². The highest BCUT2D eigenvalue weighted by Gasteiger charge is 2.09. The molecule has 0 radical (unpaired) electrons. The first-order valence-electron chi connectivity index (χ1n) is 4.36. The van der Waals surface area contributed by atoms with Crippen molar-refractivity contribution in [2.45, 2.75) is 19.4 Å². The molecule has 0 fully saturated rings. The Hall–Kier alpha value is -0.610. The molecule has 0 aromatic heterocycles. The van der Waals surface area contributed by atoms with Gasteiger partial charge in [-0.25, -0.2) is 4.39 Å². The third kappa shape index (κ3) is 4.07. The molecule has 0 atom stereocenters. The monoisotopic (exact) mass is 260 g/mol. The van der Waals surface area contributed by atoms with Gasteiger partial charge in [0.2, 0.25) is 0 Å². The van der Waals surface area contributed by atoms with Crippen LogP contribution in [0.5, 0.6) is 0 Å². The molecule has 0 unspecified atom stereocenters. The van der Waals surface area contributed by atoms with Crippen molar-refractivity contribution in [2.75, 3.05) is 11.9 Å². The van der Waals surface area contributed by atoms with E-state index >= 15 is 0 Å². The molecule has 3 N–H and O–H groups in total. The Morgan fingerprint density at radius 3 is 2.57 bits per heavy atom. The number of hydrogen-bond acceptors (Lipinski definition) is 2. The van der Waals surface area contributed by atoms with Crippen LogP contribution in [0.3, 0.4) is 0 Å². The average Bonchev–Trinajstić information content (AvgIpc) is 1.97. The molecule has 4 heteroatoms. The molecule has 0 saturated heterocycles. The molecule has 0 heterocycles. The van der Waals surface area contributed by atoms with Crippen molar-refractivity contribution in [2.24, 2.45) is 5.73 Å². The predicted molar refractivity (Wildman–Crippen MR) is 60.9 cm³/mol. The maximum atomic E-state index is 12.9. The van der Waals surface area contributed by atoms with E-state index in [0.29, 0.717) is 6.54 Å². The van der Waals surface area contributed by atoms with Gasteiger partial charge in [0.05, 0.1) is 0 Å². The van der Waals surface area contributed by atoms with E-state index in [1.54, 1.807) is 0 Å². The molecule has 14 heavy (non-hydrogen) atoms. The van der Waals surface area contributed by atoms with E-state index < -0.39 is 0 Å². The zero-order chi connectivity index (χ0) is 10.8. The SMILES string of the molecule is CC(C)(N)CNc1cc(F)cc(Br)c1. The van der Waals surface area contributed by atoms with Crippen molar-refractivity contribution in [3.05, 3.63) is 28.5 Å². The molecule has 78 valence electrons. The summed E-state index contributed by atoms with van der Waals surface area (Å²) < 4.78 is 13.7. The Balaban J connectivity index is 2.68. The van der Waals surface area contributed by atoms with Gasteiger partial charge in [-0.15, -0.1) is 0 Å². The summed E-state index contributed by atoms with van der Waals surface area (Å²) in [5.41, 5.74) is 6.22. The van der Waals surface area contributed by atoms with Gasteiger partial charge in [0.25, 0.3) is 0 Å². The summed E-state index contributed by atoms with van der Waals surface area (Å²) >= 11 is 3.22. The summed E-state index contributed by atoms with van der Waals surface area (Å²) in [6.07, 6.45) is 0. The number of hydrogen-bond donors (Lipinski definition) is 2. The van der Waals surface area contributed by atoms with E-state index in [-0.39, 0.29) is 11.4 Å². The number of benzene rings is 1. The number of halogens is 2. The first kappa shape index (κ1) is 11.5. The normalized spacial score (nSPS) is 11.5. The lowest BCUT2D eigenvalue weighted by atomic mass is 10.1. The second-order valence-electron chi connectivity index (χ2n) is 4.00. The van der Waals surface area contributed by atoms with E-state index in [2.05, 4.69) is 21.2 Å². The van der Waals surface area contributed by atoms with Crippen molar-refractivity contribution in [3.63, 3.8) is 0 Å². The number of anilines is 1. The Morgan fingerprint density at radius 1 is 1.43 bits per heavy atom. The van der Waals surface area contributed by atoms with Crippen molar-refractivity contribution < 1.29 is 4.39 Å². The molecule has 0 aliphatic heterocycles. The first-order chi connectivity index (χ1) is 6.37. The smallest absolute Gasteiger partial charge is 0.126 e. The molecule has 1 rings (SSSR count). The fourth-order valence-corrected chi connectivity index (χ4v) is 1.45. The summed E-state index contributed by atoms with van der Waals surface area (Å²) in [6.45, 7) is 4.42. The third-order valence-electron chi connectivity index (χ3n) is 1.61. The molecule has 0 aliphatic carbocycles. The van der Waals surface area contributed by atoms with Gasteiger partial charge in [-0.05, 0) is 32.0 Å². The van der Waals surface area contributed by atoms with Crippen molar-refractivity contribution >= 4 is 21.6 Å². The molecule has 1 aromatic rings. The van der Waals surface area contributed by atoms with Crippen molar-refractivity contribution in [1.82, 2.24) is 0 Å². The summed E-state index contributed by atoms with van der Waals surface area (Å²) in [7, 11) is 0. The quantitative estimate of drug-likeness (QED) is 0.877. The Morgan fingerprint density at radius 2 is 2.07 bits per heavy atom. The van der Waals surface area contributed by atoms with Crippen LogP contribution in [-0.4, -0.2) is 12.1 Å². The predicted octanol–water partition coefficient (Wildman–Crippen LogP) is 2.74. The van der Waals surface area contributed by atoms with Crippen LogP contribution in [0.15, 0.2) is 22.7 Å².